The number of rotatable bonds is 3. The molecule has 0 saturated carbocycles. The van der Waals surface area contributed by atoms with Crippen molar-refractivity contribution in [2.45, 2.75) is 31.7 Å². The minimum absolute atomic E-state index is 0. The van der Waals surface area contributed by atoms with E-state index in [2.05, 4.69) is 16.7 Å². The van der Waals surface area contributed by atoms with Crippen molar-refractivity contribution >= 4 is 29.9 Å². The van der Waals surface area contributed by atoms with Gasteiger partial charge in [-0.25, -0.2) is 0 Å². The van der Waals surface area contributed by atoms with E-state index in [0.717, 1.165) is 26.1 Å². The molecule has 1 atom stereocenters. The average Bonchev–Trinajstić information content (AvgIpc) is 2.93. The predicted octanol–water partition coefficient (Wildman–Crippen LogP) is 1.74. The van der Waals surface area contributed by atoms with E-state index in [9.17, 15) is 4.79 Å². The number of hydrogen-bond donors (Lipinski definition) is 0. The fourth-order valence-electron chi connectivity index (χ4n) is 2.46. The smallest absolute Gasteiger partial charge is 0.223 e. The van der Waals surface area contributed by atoms with Crippen LogP contribution in [0.1, 0.15) is 25.7 Å². The maximum atomic E-state index is 11.4. The van der Waals surface area contributed by atoms with Crippen LogP contribution in [0.4, 0.5) is 0 Å². The van der Waals surface area contributed by atoms with Gasteiger partial charge in [0, 0.05) is 24.9 Å². The Labute approximate surface area is 120 Å². The molecular formula is C13H20Cl2N2O. The molecule has 18 heavy (non-hydrogen) atoms. The molecule has 0 aromatic carbocycles. The Hall–Kier alpha value is -0.430. The third-order valence-corrected chi connectivity index (χ3v) is 3.88. The number of alkyl halides is 1. The van der Waals surface area contributed by atoms with Gasteiger partial charge in [-0.15, -0.1) is 24.0 Å². The van der Waals surface area contributed by atoms with Crippen molar-refractivity contribution < 1.29 is 4.79 Å². The Morgan fingerprint density at radius 2 is 2.00 bits per heavy atom. The number of hydrogen-bond acceptors (Lipinski definition) is 2. The Morgan fingerprint density at radius 3 is 2.67 bits per heavy atom. The van der Waals surface area contributed by atoms with Crippen LogP contribution >= 0.6 is 24.0 Å². The Morgan fingerprint density at radius 1 is 1.22 bits per heavy atom. The molecule has 0 aliphatic carbocycles. The summed E-state index contributed by atoms with van der Waals surface area (Å²) in [6.07, 6.45) is 4.10. The predicted molar refractivity (Wildman–Crippen MR) is 76.2 cm³/mol. The van der Waals surface area contributed by atoms with Gasteiger partial charge in [-0.3, -0.25) is 9.69 Å². The lowest BCUT2D eigenvalue weighted by atomic mass is 10.2. The van der Waals surface area contributed by atoms with Gasteiger partial charge < -0.3 is 4.90 Å². The number of nitrogens with zero attached hydrogens (tertiary/aromatic N) is 2. The van der Waals surface area contributed by atoms with Crippen LogP contribution in [0.5, 0.6) is 0 Å². The number of amides is 1. The van der Waals surface area contributed by atoms with Crippen molar-refractivity contribution in [3.63, 3.8) is 0 Å². The molecule has 0 spiro atoms. The van der Waals surface area contributed by atoms with E-state index in [0.29, 0.717) is 24.9 Å². The highest BCUT2D eigenvalue weighted by Crippen LogP contribution is 2.17. The number of carbonyl (C=O) groups is 1. The highest BCUT2D eigenvalue weighted by molar-refractivity contribution is 6.18. The molecule has 2 aliphatic heterocycles. The van der Waals surface area contributed by atoms with Gasteiger partial charge in [0.25, 0.3) is 0 Å². The zero-order chi connectivity index (χ0) is 12.1. The Balaban J connectivity index is 0.00000162. The van der Waals surface area contributed by atoms with Crippen LogP contribution < -0.4 is 0 Å². The molecule has 2 fully saturated rings. The van der Waals surface area contributed by atoms with E-state index in [-0.39, 0.29) is 18.3 Å². The fourth-order valence-corrected chi connectivity index (χ4v) is 2.81. The summed E-state index contributed by atoms with van der Waals surface area (Å²) in [5, 5.41) is 0. The van der Waals surface area contributed by atoms with E-state index in [1.807, 2.05) is 4.90 Å². The van der Waals surface area contributed by atoms with Crippen molar-refractivity contribution in [1.29, 1.82) is 0 Å². The van der Waals surface area contributed by atoms with Crippen LogP contribution in [0.15, 0.2) is 0 Å². The second kappa shape index (κ2) is 7.89. The van der Waals surface area contributed by atoms with E-state index >= 15 is 0 Å². The maximum Gasteiger partial charge on any atom is 0.223 e. The molecule has 102 valence electrons. The maximum absolute atomic E-state index is 11.4. The van der Waals surface area contributed by atoms with Gasteiger partial charge in [-0.1, -0.05) is 11.8 Å². The lowest BCUT2D eigenvalue weighted by Crippen LogP contribution is -2.31. The Bertz CT molecular complexity index is 338. The van der Waals surface area contributed by atoms with Gasteiger partial charge in [0.2, 0.25) is 5.91 Å². The minimum atomic E-state index is 0. The zero-order valence-electron chi connectivity index (χ0n) is 10.5. The lowest BCUT2D eigenvalue weighted by Gasteiger charge is -2.19. The first-order chi connectivity index (χ1) is 8.31. The fraction of sp³-hybridized carbons (Fsp3) is 0.769. The van der Waals surface area contributed by atoms with Gasteiger partial charge in [0.05, 0.1) is 13.1 Å². The first kappa shape index (κ1) is 15.6. The number of halogens is 2. The Kier molecular flexibility index (Phi) is 6.85. The van der Waals surface area contributed by atoms with Crippen LogP contribution in [0.25, 0.3) is 0 Å². The van der Waals surface area contributed by atoms with Crippen molar-refractivity contribution in [3.8, 4) is 11.8 Å². The van der Waals surface area contributed by atoms with Crippen LogP contribution in [-0.2, 0) is 4.79 Å². The molecule has 0 aromatic heterocycles. The van der Waals surface area contributed by atoms with E-state index in [1.54, 1.807) is 0 Å². The van der Waals surface area contributed by atoms with Gasteiger partial charge in [0.1, 0.15) is 0 Å². The topological polar surface area (TPSA) is 23.6 Å². The molecular weight excluding hydrogens is 271 g/mol. The molecule has 1 amide bonds. The van der Waals surface area contributed by atoms with E-state index < -0.39 is 0 Å². The third kappa shape index (κ3) is 4.05. The standard InChI is InChI=1S/C13H19ClN2O.ClH/c14-11-12-5-3-9-15(12)7-1-2-8-16-10-4-6-13(16)17;/h12H,3-11H2;1H. The molecule has 2 saturated heterocycles. The molecule has 1 unspecified atom stereocenters. The van der Waals surface area contributed by atoms with Crippen LogP contribution in [0.3, 0.4) is 0 Å². The van der Waals surface area contributed by atoms with Crippen molar-refractivity contribution in [2.24, 2.45) is 0 Å². The summed E-state index contributed by atoms with van der Waals surface area (Å²) in [5.74, 6) is 7.21. The molecule has 2 aliphatic rings. The summed E-state index contributed by atoms with van der Waals surface area (Å²) in [7, 11) is 0. The first-order valence-corrected chi connectivity index (χ1v) is 6.88. The summed E-state index contributed by atoms with van der Waals surface area (Å²) in [5.41, 5.74) is 0. The van der Waals surface area contributed by atoms with Crippen LogP contribution in [0, 0.1) is 11.8 Å². The number of likely N-dealkylation sites (tertiary alicyclic amines) is 2. The molecule has 2 rings (SSSR count). The average molecular weight is 291 g/mol. The summed E-state index contributed by atoms with van der Waals surface area (Å²) >= 11 is 5.90. The highest BCUT2D eigenvalue weighted by atomic mass is 35.5. The SMILES string of the molecule is Cl.O=C1CCCN1CC#CCN1CCCC1CCl. The summed E-state index contributed by atoms with van der Waals surface area (Å²) in [4.78, 5) is 15.5. The molecule has 5 heteroatoms. The molecule has 0 aromatic rings. The second-order valence-corrected chi connectivity index (χ2v) is 5.00. The summed E-state index contributed by atoms with van der Waals surface area (Å²) < 4.78 is 0. The zero-order valence-corrected chi connectivity index (χ0v) is 12.1. The van der Waals surface area contributed by atoms with E-state index in [4.69, 9.17) is 11.6 Å². The summed E-state index contributed by atoms with van der Waals surface area (Å²) in [6.45, 7) is 3.37. The normalized spacial score (nSPS) is 23.7. The molecule has 0 radical (unpaired) electrons. The highest BCUT2D eigenvalue weighted by Gasteiger charge is 2.22. The van der Waals surface area contributed by atoms with Gasteiger partial charge >= 0.3 is 0 Å². The van der Waals surface area contributed by atoms with Crippen molar-refractivity contribution in [3.05, 3.63) is 0 Å². The second-order valence-electron chi connectivity index (χ2n) is 4.69. The molecule has 2 heterocycles. The number of carbonyl (C=O) groups excluding carboxylic acids is 1. The molecule has 0 bridgehead atoms. The summed E-state index contributed by atoms with van der Waals surface area (Å²) in [6, 6.07) is 0.499. The molecule has 3 nitrogen and oxygen atoms in total. The van der Waals surface area contributed by atoms with Crippen LogP contribution in [0.2, 0.25) is 0 Å². The molecule has 0 N–H and O–H groups in total. The van der Waals surface area contributed by atoms with Crippen LogP contribution in [-0.4, -0.2) is 53.8 Å². The van der Waals surface area contributed by atoms with Gasteiger partial charge in [-0.2, -0.15) is 0 Å². The minimum Gasteiger partial charge on any atom is -0.332 e. The van der Waals surface area contributed by atoms with E-state index in [1.165, 1.54) is 12.8 Å². The largest absolute Gasteiger partial charge is 0.332 e. The lowest BCUT2D eigenvalue weighted by molar-refractivity contribution is -0.127. The monoisotopic (exact) mass is 290 g/mol. The first-order valence-electron chi connectivity index (χ1n) is 6.35. The quantitative estimate of drug-likeness (QED) is 0.584. The van der Waals surface area contributed by atoms with Crippen molar-refractivity contribution in [1.82, 2.24) is 9.80 Å². The third-order valence-electron chi connectivity index (χ3n) is 3.53. The van der Waals surface area contributed by atoms with Crippen molar-refractivity contribution in [2.75, 3.05) is 32.1 Å². The van der Waals surface area contributed by atoms with Gasteiger partial charge in [0.15, 0.2) is 0 Å². The van der Waals surface area contributed by atoms with Gasteiger partial charge in [-0.05, 0) is 25.8 Å².